The minimum absolute atomic E-state index is 0.0550. The summed E-state index contributed by atoms with van der Waals surface area (Å²) in [5.41, 5.74) is 1.25. The highest BCUT2D eigenvalue weighted by Gasteiger charge is 2.26. The number of amides is 1. The summed E-state index contributed by atoms with van der Waals surface area (Å²) >= 11 is 12.3. The molecule has 2 aromatic carbocycles. The van der Waals surface area contributed by atoms with Crippen LogP contribution in [0.25, 0.3) is 0 Å². The fraction of sp³-hybridized carbons (Fsp3) is 0.316. The minimum Gasteiger partial charge on any atom is -0.493 e. The second-order valence-corrected chi connectivity index (χ2v) is 6.74. The average molecular weight is 382 g/mol. The van der Waals surface area contributed by atoms with E-state index in [4.69, 9.17) is 32.7 Å². The van der Waals surface area contributed by atoms with Crippen LogP contribution in [0.4, 0.5) is 5.69 Å². The number of para-hydroxylation sites is 1. The first-order valence-electron chi connectivity index (χ1n) is 7.85. The van der Waals surface area contributed by atoms with Gasteiger partial charge in [-0.1, -0.05) is 49.2 Å². The summed E-state index contributed by atoms with van der Waals surface area (Å²) in [6, 6.07) is 10.6. The van der Waals surface area contributed by atoms with Crippen LogP contribution < -0.4 is 14.8 Å². The molecular weight excluding hydrogens is 361 g/mol. The van der Waals surface area contributed by atoms with Gasteiger partial charge in [0.15, 0.2) is 11.5 Å². The first-order chi connectivity index (χ1) is 11.9. The van der Waals surface area contributed by atoms with E-state index in [1.54, 1.807) is 38.5 Å². The molecule has 6 heteroatoms. The molecule has 1 unspecified atom stereocenters. The Hall–Kier alpha value is -1.91. The molecule has 25 heavy (non-hydrogen) atoms. The zero-order valence-electron chi connectivity index (χ0n) is 14.6. The average Bonchev–Trinajstić information content (AvgIpc) is 2.58. The second kappa shape index (κ2) is 8.45. The molecular formula is C19H21Cl2NO3. The number of benzene rings is 2. The third kappa shape index (κ3) is 4.39. The molecule has 0 saturated heterocycles. The molecule has 1 N–H and O–H groups in total. The molecule has 0 saturated carbocycles. The normalized spacial score (nSPS) is 12.0. The van der Waals surface area contributed by atoms with Crippen molar-refractivity contribution in [1.82, 2.24) is 0 Å². The van der Waals surface area contributed by atoms with E-state index in [0.29, 0.717) is 27.2 Å². The molecule has 0 bridgehead atoms. The molecule has 1 amide bonds. The SMILES string of the molecule is COc1ccc(C(C(=O)Nc2c(Cl)cccc2Cl)C(C)C)cc1OC. The first-order valence-corrected chi connectivity index (χ1v) is 8.61. The molecule has 134 valence electrons. The van der Waals surface area contributed by atoms with E-state index >= 15 is 0 Å². The van der Waals surface area contributed by atoms with Crippen molar-refractivity contribution in [3.63, 3.8) is 0 Å². The standard InChI is InChI=1S/C19H21Cl2NO3/c1-11(2)17(12-8-9-15(24-3)16(10-12)25-4)19(23)22-18-13(20)6-5-7-14(18)21/h5-11,17H,1-4H3,(H,22,23). The van der Waals surface area contributed by atoms with Gasteiger partial charge in [-0.05, 0) is 35.7 Å². The fourth-order valence-electron chi connectivity index (χ4n) is 2.70. The Kier molecular flexibility index (Phi) is 6.57. The van der Waals surface area contributed by atoms with Gasteiger partial charge in [0, 0.05) is 0 Å². The van der Waals surface area contributed by atoms with Gasteiger partial charge in [0.05, 0.1) is 35.9 Å². The van der Waals surface area contributed by atoms with E-state index in [2.05, 4.69) is 5.32 Å². The van der Waals surface area contributed by atoms with Crippen LogP contribution in [0.5, 0.6) is 11.5 Å². The maximum absolute atomic E-state index is 12.9. The Morgan fingerprint density at radius 3 is 2.12 bits per heavy atom. The Morgan fingerprint density at radius 2 is 1.60 bits per heavy atom. The summed E-state index contributed by atoms with van der Waals surface area (Å²) in [4.78, 5) is 12.9. The molecule has 0 fully saturated rings. The zero-order chi connectivity index (χ0) is 18.6. The maximum Gasteiger partial charge on any atom is 0.232 e. The second-order valence-electron chi connectivity index (χ2n) is 5.92. The number of carbonyl (C=O) groups excluding carboxylic acids is 1. The van der Waals surface area contributed by atoms with Crippen LogP contribution in [-0.2, 0) is 4.79 Å². The molecule has 0 aliphatic heterocycles. The lowest BCUT2D eigenvalue weighted by Gasteiger charge is -2.22. The predicted octanol–water partition coefficient (Wildman–Crippen LogP) is 5.39. The minimum atomic E-state index is -0.396. The number of ether oxygens (including phenoxy) is 2. The van der Waals surface area contributed by atoms with Gasteiger partial charge in [-0.3, -0.25) is 4.79 Å². The molecule has 0 aliphatic carbocycles. The lowest BCUT2D eigenvalue weighted by Crippen LogP contribution is -2.25. The highest BCUT2D eigenvalue weighted by Crippen LogP contribution is 2.36. The van der Waals surface area contributed by atoms with Crippen molar-refractivity contribution in [2.45, 2.75) is 19.8 Å². The third-order valence-corrected chi connectivity index (χ3v) is 4.56. The number of carbonyl (C=O) groups is 1. The van der Waals surface area contributed by atoms with Gasteiger partial charge in [0.25, 0.3) is 0 Å². The third-order valence-electron chi connectivity index (χ3n) is 3.93. The van der Waals surface area contributed by atoms with Gasteiger partial charge >= 0.3 is 0 Å². The van der Waals surface area contributed by atoms with E-state index in [1.807, 2.05) is 26.0 Å². The topological polar surface area (TPSA) is 47.6 Å². The van der Waals surface area contributed by atoms with Crippen molar-refractivity contribution in [3.8, 4) is 11.5 Å². The van der Waals surface area contributed by atoms with Gasteiger partial charge in [-0.2, -0.15) is 0 Å². The van der Waals surface area contributed by atoms with Crippen LogP contribution in [-0.4, -0.2) is 20.1 Å². The van der Waals surface area contributed by atoms with Crippen molar-refractivity contribution in [2.75, 3.05) is 19.5 Å². The van der Waals surface area contributed by atoms with Crippen LogP contribution in [0, 0.1) is 5.92 Å². The monoisotopic (exact) mass is 381 g/mol. The molecule has 0 heterocycles. The summed E-state index contributed by atoms with van der Waals surface area (Å²) in [6.45, 7) is 3.96. The Balaban J connectivity index is 2.36. The van der Waals surface area contributed by atoms with Gasteiger partial charge in [-0.25, -0.2) is 0 Å². The number of nitrogens with one attached hydrogen (secondary N) is 1. The zero-order valence-corrected chi connectivity index (χ0v) is 16.1. The summed E-state index contributed by atoms with van der Waals surface area (Å²) in [5.74, 6) is 0.668. The van der Waals surface area contributed by atoms with Crippen LogP contribution in [0.3, 0.4) is 0 Å². The van der Waals surface area contributed by atoms with E-state index in [1.165, 1.54) is 0 Å². The van der Waals surface area contributed by atoms with Crippen LogP contribution >= 0.6 is 23.2 Å². The molecule has 0 aromatic heterocycles. The summed E-state index contributed by atoms with van der Waals surface area (Å²) in [7, 11) is 3.14. The Labute approximate surface area is 158 Å². The maximum atomic E-state index is 12.9. The lowest BCUT2D eigenvalue weighted by atomic mass is 9.87. The quantitative estimate of drug-likeness (QED) is 0.729. The van der Waals surface area contributed by atoms with E-state index < -0.39 is 5.92 Å². The number of rotatable bonds is 6. The number of hydrogen-bond acceptors (Lipinski definition) is 3. The first kappa shape index (κ1) is 19.4. The predicted molar refractivity (Wildman–Crippen MR) is 102 cm³/mol. The molecule has 0 radical (unpaired) electrons. The summed E-state index contributed by atoms with van der Waals surface area (Å²) in [6.07, 6.45) is 0. The molecule has 0 aliphatic rings. The lowest BCUT2D eigenvalue weighted by molar-refractivity contribution is -0.118. The smallest absolute Gasteiger partial charge is 0.232 e. The molecule has 2 rings (SSSR count). The van der Waals surface area contributed by atoms with Crippen LogP contribution in [0.15, 0.2) is 36.4 Å². The summed E-state index contributed by atoms with van der Waals surface area (Å²) < 4.78 is 10.6. The molecule has 1 atom stereocenters. The number of halogens is 2. The van der Waals surface area contributed by atoms with Gasteiger partial charge in [0.2, 0.25) is 5.91 Å². The molecule has 0 spiro atoms. The highest BCUT2D eigenvalue weighted by molar-refractivity contribution is 6.39. The van der Waals surface area contributed by atoms with Crippen molar-refractivity contribution in [3.05, 3.63) is 52.0 Å². The molecule has 2 aromatic rings. The van der Waals surface area contributed by atoms with Gasteiger partial charge in [0.1, 0.15) is 0 Å². The Bertz CT molecular complexity index is 742. The highest BCUT2D eigenvalue weighted by atomic mass is 35.5. The van der Waals surface area contributed by atoms with E-state index in [0.717, 1.165) is 5.56 Å². The van der Waals surface area contributed by atoms with Crippen LogP contribution in [0.1, 0.15) is 25.3 Å². The van der Waals surface area contributed by atoms with Crippen LogP contribution in [0.2, 0.25) is 10.0 Å². The largest absolute Gasteiger partial charge is 0.493 e. The van der Waals surface area contributed by atoms with Crippen molar-refractivity contribution in [1.29, 1.82) is 0 Å². The number of anilines is 1. The molecule has 4 nitrogen and oxygen atoms in total. The van der Waals surface area contributed by atoms with Crippen molar-refractivity contribution in [2.24, 2.45) is 5.92 Å². The number of methoxy groups -OCH3 is 2. The van der Waals surface area contributed by atoms with Gasteiger partial charge in [-0.15, -0.1) is 0 Å². The van der Waals surface area contributed by atoms with Crippen molar-refractivity contribution < 1.29 is 14.3 Å². The van der Waals surface area contributed by atoms with E-state index in [9.17, 15) is 4.79 Å². The number of hydrogen-bond donors (Lipinski definition) is 1. The van der Waals surface area contributed by atoms with E-state index in [-0.39, 0.29) is 11.8 Å². The fourth-order valence-corrected chi connectivity index (χ4v) is 3.20. The Morgan fingerprint density at radius 1 is 1.00 bits per heavy atom. The van der Waals surface area contributed by atoms with Gasteiger partial charge < -0.3 is 14.8 Å². The van der Waals surface area contributed by atoms with Crippen molar-refractivity contribution >= 4 is 34.8 Å². The summed E-state index contributed by atoms with van der Waals surface area (Å²) in [5, 5.41) is 3.65.